The summed E-state index contributed by atoms with van der Waals surface area (Å²) in [7, 11) is 0. The van der Waals surface area contributed by atoms with Crippen LogP contribution in [0.25, 0.3) is 0 Å². The van der Waals surface area contributed by atoms with Crippen molar-refractivity contribution in [2.45, 2.75) is 13.5 Å². The average molecular weight is 319 g/mol. The second-order valence-electron chi connectivity index (χ2n) is 4.31. The number of benzene rings is 2. The number of aryl methyl sites for hydroxylation is 1. The molecule has 0 saturated heterocycles. The highest BCUT2D eigenvalue weighted by Gasteiger charge is 2.07. The second-order valence-corrected chi connectivity index (χ2v) is 5.23. The van der Waals surface area contributed by atoms with Crippen molar-refractivity contribution in [1.29, 1.82) is 0 Å². The van der Waals surface area contributed by atoms with Gasteiger partial charge in [-0.1, -0.05) is 34.1 Å². The van der Waals surface area contributed by atoms with Gasteiger partial charge in [-0.05, 0) is 42.3 Å². The van der Waals surface area contributed by atoms with E-state index in [2.05, 4.69) is 21.2 Å². The summed E-state index contributed by atoms with van der Waals surface area (Å²) < 4.78 is 0.937. The van der Waals surface area contributed by atoms with Gasteiger partial charge in [0.15, 0.2) is 0 Å². The zero-order valence-electron chi connectivity index (χ0n) is 10.6. The molecule has 0 spiro atoms. The molecule has 2 aromatic carbocycles. The Bertz CT molecular complexity index is 594. The van der Waals surface area contributed by atoms with E-state index in [0.717, 1.165) is 21.3 Å². The van der Waals surface area contributed by atoms with Crippen molar-refractivity contribution in [3.05, 3.63) is 63.6 Å². The van der Waals surface area contributed by atoms with Crippen LogP contribution in [-0.4, -0.2) is 5.91 Å². The highest BCUT2D eigenvalue weighted by atomic mass is 79.9. The highest BCUT2D eigenvalue weighted by molar-refractivity contribution is 9.10. The number of nitrogens with one attached hydrogen (secondary N) is 1. The molecular formula is C15H15BrN2O. The van der Waals surface area contributed by atoms with Crippen LogP contribution in [0, 0.1) is 6.92 Å². The summed E-state index contributed by atoms with van der Waals surface area (Å²) >= 11 is 3.40. The zero-order chi connectivity index (χ0) is 13.8. The first-order valence-corrected chi connectivity index (χ1v) is 6.76. The lowest BCUT2D eigenvalue weighted by atomic mass is 10.1. The van der Waals surface area contributed by atoms with Crippen LogP contribution in [0.2, 0.25) is 0 Å². The minimum absolute atomic E-state index is 0.121. The van der Waals surface area contributed by atoms with Gasteiger partial charge in [-0.2, -0.15) is 0 Å². The molecule has 0 aromatic heterocycles. The van der Waals surface area contributed by atoms with Gasteiger partial charge in [0.05, 0.1) is 0 Å². The topological polar surface area (TPSA) is 55.1 Å². The third-order valence-electron chi connectivity index (χ3n) is 2.90. The Morgan fingerprint density at radius 2 is 1.89 bits per heavy atom. The monoisotopic (exact) mass is 318 g/mol. The minimum Gasteiger partial charge on any atom is -0.326 e. The van der Waals surface area contributed by atoms with Gasteiger partial charge < -0.3 is 11.1 Å². The Balaban J connectivity index is 2.18. The van der Waals surface area contributed by atoms with Crippen LogP contribution in [0.4, 0.5) is 5.69 Å². The van der Waals surface area contributed by atoms with Crippen LogP contribution in [0.15, 0.2) is 46.9 Å². The van der Waals surface area contributed by atoms with Gasteiger partial charge in [0, 0.05) is 22.3 Å². The number of hydrogen-bond acceptors (Lipinski definition) is 2. The summed E-state index contributed by atoms with van der Waals surface area (Å²) in [5, 5.41) is 2.90. The second kappa shape index (κ2) is 5.99. The molecule has 0 unspecified atom stereocenters. The summed E-state index contributed by atoms with van der Waals surface area (Å²) in [5.41, 5.74) is 8.99. The molecule has 2 aromatic rings. The summed E-state index contributed by atoms with van der Waals surface area (Å²) in [5.74, 6) is -0.121. The number of rotatable bonds is 3. The molecule has 98 valence electrons. The van der Waals surface area contributed by atoms with Gasteiger partial charge in [0.25, 0.3) is 5.91 Å². The van der Waals surface area contributed by atoms with E-state index in [-0.39, 0.29) is 5.91 Å². The quantitative estimate of drug-likeness (QED) is 0.910. The van der Waals surface area contributed by atoms with Crippen LogP contribution < -0.4 is 11.1 Å². The number of anilines is 1. The molecule has 3 N–H and O–H groups in total. The molecule has 0 radical (unpaired) electrons. The maximum Gasteiger partial charge on any atom is 0.255 e. The van der Waals surface area contributed by atoms with Gasteiger partial charge in [-0.15, -0.1) is 0 Å². The predicted octanol–water partition coefficient (Wildman–Crippen LogP) is 3.47. The molecule has 0 saturated carbocycles. The van der Waals surface area contributed by atoms with Crippen LogP contribution in [0.3, 0.4) is 0 Å². The van der Waals surface area contributed by atoms with E-state index in [1.807, 2.05) is 37.3 Å². The molecule has 0 aliphatic rings. The number of hydrogen-bond donors (Lipinski definition) is 2. The molecule has 19 heavy (non-hydrogen) atoms. The molecule has 4 heteroatoms. The highest BCUT2D eigenvalue weighted by Crippen LogP contribution is 2.21. The van der Waals surface area contributed by atoms with Gasteiger partial charge in [-0.3, -0.25) is 4.79 Å². The SMILES string of the molecule is Cc1ccc(Br)cc1NC(=O)c1ccc(CN)cc1. The molecule has 2 rings (SSSR count). The van der Waals surface area contributed by atoms with Crippen LogP contribution in [-0.2, 0) is 6.54 Å². The lowest BCUT2D eigenvalue weighted by Crippen LogP contribution is -2.13. The fourth-order valence-corrected chi connectivity index (χ4v) is 2.08. The first-order chi connectivity index (χ1) is 9.10. The molecule has 0 aliphatic heterocycles. The third kappa shape index (κ3) is 3.43. The van der Waals surface area contributed by atoms with Gasteiger partial charge in [-0.25, -0.2) is 0 Å². The molecule has 0 bridgehead atoms. The van der Waals surface area contributed by atoms with Crippen molar-refractivity contribution >= 4 is 27.5 Å². The minimum atomic E-state index is -0.121. The van der Waals surface area contributed by atoms with Crippen LogP contribution in [0.5, 0.6) is 0 Å². The van der Waals surface area contributed by atoms with Crippen molar-refractivity contribution in [1.82, 2.24) is 0 Å². The van der Waals surface area contributed by atoms with E-state index in [4.69, 9.17) is 5.73 Å². The summed E-state index contributed by atoms with van der Waals surface area (Å²) in [6.45, 7) is 2.44. The molecule has 3 nitrogen and oxygen atoms in total. The predicted molar refractivity (Wildman–Crippen MR) is 81.2 cm³/mol. The van der Waals surface area contributed by atoms with E-state index < -0.39 is 0 Å². The van der Waals surface area contributed by atoms with Crippen molar-refractivity contribution in [3.8, 4) is 0 Å². The smallest absolute Gasteiger partial charge is 0.255 e. The lowest BCUT2D eigenvalue weighted by Gasteiger charge is -2.09. The Labute approximate surface area is 121 Å². The Hall–Kier alpha value is -1.65. The van der Waals surface area contributed by atoms with Crippen molar-refractivity contribution in [3.63, 3.8) is 0 Å². The largest absolute Gasteiger partial charge is 0.326 e. The normalized spacial score (nSPS) is 10.3. The molecule has 0 aliphatic carbocycles. The van der Waals surface area contributed by atoms with E-state index >= 15 is 0 Å². The zero-order valence-corrected chi connectivity index (χ0v) is 12.2. The molecule has 0 heterocycles. The fourth-order valence-electron chi connectivity index (χ4n) is 1.72. The molecule has 1 amide bonds. The summed E-state index contributed by atoms with van der Waals surface area (Å²) in [6.07, 6.45) is 0. The first kappa shape index (κ1) is 13.8. The van der Waals surface area contributed by atoms with Crippen molar-refractivity contribution in [2.24, 2.45) is 5.73 Å². The van der Waals surface area contributed by atoms with Gasteiger partial charge >= 0.3 is 0 Å². The average Bonchev–Trinajstić information content (AvgIpc) is 2.43. The van der Waals surface area contributed by atoms with Crippen molar-refractivity contribution in [2.75, 3.05) is 5.32 Å². The number of carbonyl (C=O) groups is 1. The van der Waals surface area contributed by atoms with E-state index in [0.29, 0.717) is 12.1 Å². The standard InChI is InChI=1S/C15H15BrN2O/c1-10-2-7-13(16)8-14(10)18-15(19)12-5-3-11(9-17)4-6-12/h2-8H,9,17H2,1H3,(H,18,19). The van der Waals surface area contributed by atoms with E-state index in [1.165, 1.54) is 0 Å². The number of halogens is 1. The van der Waals surface area contributed by atoms with Gasteiger partial charge in [0.1, 0.15) is 0 Å². The Morgan fingerprint density at radius 3 is 2.53 bits per heavy atom. The van der Waals surface area contributed by atoms with Crippen molar-refractivity contribution < 1.29 is 4.79 Å². The molecular weight excluding hydrogens is 304 g/mol. The maximum absolute atomic E-state index is 12.1. The summed E-state index contributed by atoms with van der Waals surface area (Å²) in [6, 6.07) is 13.1. The summed E-state index contributed by atoms with van der Waals surface area (Å²) in [4.78, 5) is 12.1. The first-order valence-electron chi connectivity index (χ1n) is 5.96. The maximum atomic E-state index is 12.1. The molecule has 0 fully saturated rings. The van der Waals surface area contributed by atoms with Crippen LogP contribution >= 0.6 is 15.9 Å². The Kier molecular flexibility index (Phi) is 4.35. The lowest BCUT2D eigenvalue weighted by molar-refractivity contribution is 0.102. The fraction of sp³-hybridized carbons (Fsp3) is 0.133. The van der Waals surface area contributed by atoms with E-state index in [1.54, 1.807) is 12.1 Å². The number of carbonyl (C=O) groups excluding carboxylic acids is 1. The van der Waals surface area contributed by atoms with E-state index in [9.17, 15) is 4.79 Å². The van der Waals surface area contributed by atoms with Crippen LogP contribution in [0.1, 0.15) is 21.5 Å². The number of amides is 1. The van der Waals surface area contributed by atoms with Gasteiger partial charge in [0.2, 0.25) is 0 Å². The molecule has 0 atom stereocenters. The number of nitrogens with two attached hydrogens (primary N) is 1. The third-order valence-corrected chi connectivity index (χ3v) is 3.39. The Morgan fingerprint density at radius 1 is 1.21 bits per heavy atom.